The van der Waals surface area contributed by atoms with Crippen LogP contribution in [0.3, 0.4) is 0 Å². The molecule has 4 aliphatic rings. The van der Waals surface area contributed by atoms with Crippen LogP contribution in [0.15, 0.2) is 42.5 Å². The molecule has 4 atom stereocenters. The fourth-order valence-electron chi connectivity index (χ4n) is 9.36. The van der Waals surface area contributed by atoms with E-state index in [0.717, 1.165) is 42.9 Å². The summed E-state index contributed by atoms with van der Waals surface area (Å²) in [5.41, 5.74) is 0.179. The van der Waals surface area contributed by atoms with E-state index < -0.39 is 29.2 Å². The number of alkyl halides is 3. The molecule has 3 saturated heterocycles. The minimum Gasteiger partial charge on any atom is -0.497 e. The molecule has 1 amide bonds. The van der Waals surface area contributed by atoms with Gasteiger partial charge in [0.1, 0.15) is 5.75 Å². The molecule has 1 N–H and O–H groups in total. The Labute approximate surface area is 310 Å². The Morgan fingerprint density at radius 3 is 2.23 bits per heavy atom. The van der Waals surface area contributed by atoms with Gasteiger partial charge in [0.05, 0.1) is 37.3 Å². The predicted octanol–water partition coefficient (Wildman–Crippen LogP) is 6.18. The van der Waals surface area contributed by atoms with E-state index in [1.165, 1.54) is 6.07 Å². The summed E-state index contributed by atoms with van der Waals surface area (Å²) in [7, 11) is 4.82. The van der Waals surface area contributed by atoms with E-state index in [1.807, 2.05) is 41.0 Å². The van der Waals surface area contributed by atoms with Crippen molar-refractivity contribution in [3.63, 3.8) is 0 Å². The molecule has 0 unspecified atom stereocenters. The number of carboxylic acids is 1. The highest BCUT2D eigenvalue weighted by atomic mass is 19.4. The highest BCUT2D eigenvalue weighted by Gasteiger charge is 2.58. The van der Waals surface area contributed by atoms with Gasteiger partial charge in [0.25, 0.3) is 5.91 Å². The van der Waals surface area contributed by atoms with Crippen molar-refractivity contribution >= 4 is 17.6 Å². The standard InChI is InChI=1S/C40H54F3N3O7/c1-5-53-33-13-9-30(10-14-33)45-23-35(26-6-11-32(51-3)12-7-26)39(25-45,52-4)38(49)46-22-28(20-31(46)24-50-2)34-15-8-29(40(41,42)43)21-36(34)44-18-16-27(17-19-44)37(47)48/h6-8,11-12,15,21,27-28,30-31,33,35H,5,9-10,13-14,16-20,22-25H2,1-4H3,(H,47,48)/t28-,30?,31+,33?,35+,39+/m0/s1. The first-order valence-corrected chi connectivity index (χ1v) is 19.0. The van der Waals surface area contributed by atoms with Gasteiger partial charge in [0.15, 0.2) is 5.60 Å². The summed E-state index contributed by atoms with van der Waals surface area (Å²) in [6.45, 7) is 4.98. The van der Waals surface area contributed by atoms with E-state index in [2.05, 4.69) is 4.90 Å². The molecule has 2 aromatic rings. The average molecular weight is 746 g/mol. The van der Waals surface area contributed by atoms with Crippen molar-refractivity contribution in [3.05, 3.63) is 59.2 Å². The summed E-state index contributed by atoms with van der Waals surface area (Å²) < 4.78 is 65.6. The highest BCUT2D eigenvalue weighted by molar-refractivity contribution is 5.88. The molecule has 53 heavy (non-hydrogen) atoms. The number of hydrogen-bond acceptors (Lipinski definition) is 8. The Morgan fingerprint density at radius 2 is 1.64 bits per heavy atom. The van der Waals surface area contributed by atoms with Crippen LogP contribution in [-0.4, -0.2) is 118 Å². The molecule has 3 heterocycles. The van der Waals surface area contributed by atoms with Gasteiger partial charge in [-0.3, -0.25) is 14.5 Å². The Hall–Kier alpha value is -3.39. The van der Waals surface area contributed by atoms with Gasteiger partial charge >= 0.3 is 12.1 Å². The third-order valence-corrected chi connectivity index (χ3v) is 12.2. The number of likely N-dealkylation sites (tertiary alicyclic amines) is 2. The first-order valence-electron chi connectivity index (χ1n) is 19.0. The second-order valence-electron chi connectivity index (χ2n) is 15.1. The summed E-state index contributed by atoms with van der Waals surface area (Å²) in [6.07, 6.45) is 0.757. The molecule has 10 nitrogen and oxygen atoms in total. The molecular weight excluding hydrogens is 691 g/mol. The number of halogens is 3. The number of ether oxygens (including phenoxy) is 4. The lowest BCUT2D eigenvalue weighted by molar-refractivity contribution is -0.157. The monoisotopic (exact) mass is 745 g/mol. The van der Waals surface area contributed by atoms with Gasteiger partial charge in [-0.25, -0.2) is 0 Å². The maximum absolute atomic E-state index is 15.3. The van der Waals surface area contributed by atoms with Gasteiger partial charge in [-0.2, -0.15) is 13.2 Å². The van der Waals surface area contributed by atoms with Crippen LogP contribution in [0.25, 0.3) is 0 Å². The van der Waals surface area contributed by atoms with E-state index in [-0.39, 0.29) is 49.1 Å². The molecule has 292 valence electrons. The summed E-state index contributed by atoms with van der Waals surface area (Å²) in [5.74, 6) is -1.39. The molecule has 0 aromatic heterocycles. The first-order chi connectivity index (χ1) is 25.4. The Balaban J connectivity index is 1.32. The zero-order chi connectivity index (χ0) is 37.9. The second kappa shape index (κ2) is 16.5. The van der Waals surface area contributed by atoms with Crippen molar-refractivity contribution in [2.75, 3.05) is 72.2 Å². The number of nitrogens with zero attached hydrogens (tertiary/aromatic N) is 3. The normalized spacial score (nSPS) is 28.8. The maximum atomic E-state index is 15.3. The van der Waals surface area contributed by atoms with E-state index in [0.29, 0.717) is 63.5 Å². The number of amides is 1. The van der Waals surface area contributed by atoms with Crippen LogP contribution < -0.4 is 9.64 Å². The van der Waals surface area contributed by atoms with Gasteiger partial charge < -0.3 is 33.9 Å². The fourth-order valence-corrected chi connectivity index (χ4v) is 9.36. The smallest absolute Gasteiger partial charge is 0.416 e. The van der Waals surface area contributed by atoms with Gasteiger partial charge in [-0.15, -0.1) is 0 Å². The van der Waals surface area contributed by atoms with Crippen LogP contribution in [0.2, 0.25) is 0 Å². The number of methoxy groups -OCH3 is 3. The van der Waals surface area contributed by atoms with Crippen LogP contribution >= 0.6 is 0 Å². The molecule has 0 spiro atoms. The number of anilines is 1. The Kier molecular flexibility index (Phi) is 12.3. The van der Waals surface area contributed by atoms with E-state index >= 15 is 4.79 Å². The van der Waals surface area contributed by atoms with Crippen molar-refractivity contribution in [2.24, 2.45) is 5.92 Å². The minimum atomic E-state index is -4.54. The van der Waals surface area contributed by atoms with Crippen molar-refractivity contribution in [3.8, 4) is 5.75 Å². The SMILES string of the molecule is CCOC1CCC(N2C[C@H](c3ccc(OC)cc3)[C@@](OC)(C(=O)N3C[C@@H](c4ccc(C(F)(F)F)cc4N4CCC(C(=O)O)CC4)C[C@@H]3COC)C2)CC1. The van der Waals surface area contributed by atoms with E-state index in [9.17, 15) is 23.1 Å². The number of rotatable bonds is 12. The summed E-state index contributed by atoms with van der Waals surface area (Å²) >= 11 is 0. The number of benzene rings is 2. The number of carbonyl (C=O) groups excluding carboxylic acids is 1. The number of piperidine rings is 1. The Bertz CT molecular complexity index is 1560. The van der Waals surface area contributed by atoms with Gasteiger partial charge in [-0.05, 0) is 87.3 Å². The summed E-state index contributed by atoms with van der Waals surface area (Å²) in [5, 5.41) is 9.56. The van der Waals surface area contributed by atoms with Crippen molar-refractivity contribution < 1.29 is 46.8 Å². The zero-order valence-electron chi connectivity index (χ0n) is 31.3. The third kappa shape index (κ3) is 8.18. The first kappa shape index (κ1) is 39.3. The molecule has 6 rings (SSSR count). The lowest BCUT2D eigenvalue weighted by atomic mass is 9.83. The number of carboxylic acid groups (broad SMARTS) is 1. The predicted molar refractivity (Wildman–Crippen MR) is 193 cm³/mol. The van der Waals surface area contributed by atoms with Crippen molar-refractivity contribution in [1.82, 2.24) is 9.80 Å². The quantitative estimate of drug-likeness (QED) is 0.273. The van der Waals surface area contributed by atoms with E-state index in [4.69, 9.17) is 18.9 Å². The van der Waals surface area contributed by atoms with E-state index in [1.54, 1.807) is 27.4 Å². The largest absolute Gasteiger partial charge is 0.497 e. The van der Waals surface area contributed by atoms with Crippen LogP contribution in [0.4, 0.5) is 18.9 Å². The molecule has 1 saturated carbocycles. The summed E-state index contributed by atoms with van der Waals surface area (Å²) in [6, 6.07) is 11.6. The molecule has 4 fully saturated rings. The number of hydrogen-bond donors (Lipinski definition) is 1. The summed E-state index contributed by atoms with van der Waals surface area (Å²) in [4.78, 5) is 33.1. The number of carbonyl (C=O) groups is 2. The lowest BCUT2D eigenvalue weighted by Crippen LogP contribution is -2.57. The molecule has 2 aromatic carbocycles. The molecule has 1 aliphatic carbocycles. The van der Waals surface area contributed by atoms with Gasteiger partial charge in [0.2, 0.25) is 0 Å². The average Bonchev–Trinajstić information content (AvgIpc) is 3.77. The molecule has 13 heteroatoms. The molecular formula is C40H54F3N3O7. The van der Waals surface area contributed by atoms with Crippen molar-refractivity contribution in [1.29, 1.82) is 0 Å². The fraction of sp³-hybridized carbons (Fsp3) is 0.650. The zero-order valence-corrected chi connectivity index (χ0v) is 31.3. The van der Waals surface area contributed by atoms with Crippen molar-refractivity contribution in [2.45, 2.75) is 93.7 Å². The minimum absolute atomic E-state index is 0.147. The molecule has 0 radical (unpaired) electrons. The topological polar surface area (TPSA) is 101 Å². The Morgan fingerprint density at radius 1 is 0.943 bits per heavy atom. The van der Waals surface area contributed by atoms with Crippen LogP contribution in [0.5, 0.6) is 5.75 Å². The molecule has 3 aliphatic heterocycles. The van der Waals surface area contributed by atoms with Crippen LogP contribution in [-0.2, 0) is 30.0 Å². The van der Waals surface area contributed by atoms with Crippen LogP contribution in [0.1, 0.15) is 80.4 Å². The lowest BCUT2D eigenvalue weighted by Gasteiger charge is -2.39. The highest BCUT2D eigenvalue weighted by Crippen LogP contribution is 2.47. The maximum Gasteiger partial charge on any atom is 0.416 e. The van der Waals surface area contributed by atoms with Crippen LogP contribution in [0, 0.1) is 5.92 Å². The third-order valence-electron chi connectivity index (χ3n) is 12.2. The molecule has 0 bridgehead atoms. The van der Waals surface area contributed by atoms with Gasteiger partial charge in [-0.1, -0.05) is 18.2 Å². The number of aliphatic carboxylic acids is 1. The second-order valence-corrected chi connectivity index (χ2v) is 15.1. The van der Waals surface area contributed by atoms with Gasteiger partial charge in [0, 0.05) is 77.1 Å².